The summed E-state index contributed by atoms with van der Waals surface area (Å²) in [5, 5.41) is 4.61. The van der Waals surface area contributed by atoms with Crippen LogP contribution < -0.4 is 11.1 Å². The third-order valence-electron chi connectivity index (χ3n) is 7.07. The molecule has 3 aliphatic rings. The van der Waals surface area contributed by atoms with E-state index in [0.717, 1.165) is 37.5 Å². The summed E-state index contributed by atoms with van der Waals surface area (Å²) in [6.45, 7) is 0. The Morgan fingerprint density at radius 1 is 1.03 bits per heavy atom. The third kappa shape index (κ3) is 3.40. The van der Waals surface area contributed by atoms with Gasteiger partial charge in [0.1, 0.15) is 0 Å². The number of nitrogens with two attached hydrogens (primary N) is 1. The minimum absolute atomic E-state index is 0.0806. The van der Waals surface area contributed by atoms with Crippen LogP contribution in [0.25, 0.3) is 22.2 Å². The molecule has 4 aromatic rings. The molecule has 0 aliphatic heterocycles. The molecule has 2 bridgehead atoms. The van der Waals surface area contributed by atoms with E-state index in [1.165, 1.54) is 3.97 Å². The Morgan fingerprint density at radius 3 is 2.53 bits per heavy atom. The van der Waals surface area contributed by atoms with E-state index in [1.54, 1.807) is 48.8 Å². The van der Waals surface area contributed by atoms with Crippen molar-refractivity contribution in [1.82, 2.24) is 13.9 Å². The normalized spacial score (nSPS) is 24.1. The highest BCUT2D eigenvalue weighted by Crippen LogP contribution is 2.52. The summed E-state index contributed by atoms with van der Waals surface area (Å²) >= 11 is 6.55. The monoisotopic (exact) mass is 493 g/mol. The fourth-order valence-electron chi connectivity index (χ4n) is 5.68. The Labute approximate surface area is 203 Å². The molecule has 0 saturated heterocycles. The molecule has 3 N–H and O–H groups in total. The van der Waals surface area contributed by atoms with Gasteiger partial charge < -0.3 is 11.1 Å². The van der Waals surface area contributed by atoms with Crippen LogP contribution in [0.15, 0.2) is 71.9 Å². The van der Waals surface area contributed by atoms with E-state index in [2.05, 4.69) is 10.3 Å². The molecule has 0 radical (unpaired) electrons. The second-order valence-corrected chi connectivity index (χ2v) is 11.8. The van der Waals surface area contributed by atoms with Gasteiger partial charge in [0.15, 0.2) is 0 Å². The van der Waals surface area contributed by atoms with E-state index in [1.807, 2.05) is 18.2 Å². The third-order valence-corrected chi connectivity index (χ3v) is 9.03. The van der Waals surface area contributed by atoms with Gasteiger partial charge >= 0.3 is 0 Å². The van der Waals surface area contributed by atoms with Crippen molar-refractivity contribution >= 4 is 38.5 Å². The number of hydrogen-bond donors (Lipinski definition) is 2. The van der Waals surface area contributed by atoms with Gasteiger partial charge in [0, 0.05) is 28.2 Å². The van der Waals surface area contributed by atoms with Crippen molar-refractivity contribution in [2.24, 2.45) is 5.73 Å². The van der Waals surface area contributed by atoms with Gasteiger partial charge in [0.2, 0.25) is 5.95 Å². The zero-order valence-corrected chi connectivity index (χ0v) is 20.0. The second-order valence-electron chi connectivity index (χ2n) is 9.54. The van der Waals surface area contributed by atoms with Gasteiger partial charge in [-0.05, 0) is 50.3 Å². The van der Waals surface area contributed by atoms with Crippen molar-refractivity contribution < 1.29 is 8.42 Å². The molecule has 0 atom stereocenters. The van der Waals surface area contributed by atoms with E-state index in [-0.39, 0.29) is 16.0 Å². The van der Waals surface area contributed by atoms with Gasteiger partial charge in [-0.3, -0.25) is 0 Å². The van der Waals surface area contributed by atoms with E-state index in [4.69, 9.17) is 22.3 Å². The number of anilines is 1. The van der Waals surface area contributed by atoms with Crippen molar-refractivity contribution in [3.05, 3.63) is 72.0 Å². The average Bonchev–Trinajstić information content (AvgIpc) is 3.21. The van der Waals surface area contributed by atoms with Gasteiger partial charge in [-0.2, -0.15) is 0 Å². The first-order valence-corrected chi connectivity index (χ1v) is 13.1. The molecule has 34 heavy (non-hydrogen) atoms. The molecule has 2 aromatic heterocycles. The van der Waals surface area contributed by atoms with E-state index in [0.29, 0.717) is 27.7 Å². The van der Waals surface area contributed by atoms with E-state index < -0.39 is 10.0 Å². The van der Waals surface area contributed by atoms with Crippen molar-refractivity contribution in [3.8, 4) is 11.3 Å². The predicted octanol–water partition coefficient (Wildman–Crippen LogP) is 4.81. The standard InChI is InChI=1S/C25H24ClN5O2S/c26-20-13-28-23(30-25-12-6-11-24(27,15-25)16-25)29-22(20)19-14-31(21-10-5-4-9-18(19)21)34(32,33)17-7-2-1-3-8-17/h1-5,7-10,13-14H,6,11-12,15-16,27H2,(H,28,29,30). The fourth-order valence-corrected chi connectivity index (χ4v) is 7.26. The van der Waals surface area contributed by atoms with Gasteiger partial charge in [-0.15, -0.1) is 0 Å². The fraction of sp³-hybridized carbons (Fsp3) is 0.280. The number of halogens is 1. The SMILES string of the molecule is NC12CCCC(Nc3ncc(Cl)c(-c4cn(S(=O)(=O)c5ccccc5)c5ccccc45)n3)(C1)C2. The summed E-state index contributed by atoms with van der Waals surface area (Å²) in [4.78, 5) is 9.37. The number of nitrogens with one attached hydrogen (secondary N) is 1. The molecule has 0 spiro atoms. The van der Waals surface area contributed by atoms with Crippen LogP contribution in [0.1, 0.15) is 32.1 Å². The number of benzene rings is 2. The minimum Gasteiger partial charge on any atom is -0.349 e. The highest BCUT2D eigenvalue weighted by molar-refractivity contribution is 7.90. The topological polar surface area (TPSA) is 103 Å². The molecule has 0 amide bonds. The second kappa shape index (κ2) is 7.53. The van der Waals surface area contributed by atoms with Crippen LogP contribution in [0.3, 0.4) is 0 Å². The highest BCUT2D eigenvalue weighted by Gasteiger charge is 2.55. The zero-order chi connectivity index (χ0) is 23.6. The summed E-state index contributed by atoms with van der Waals surface area (Å²) in [6.07, 6.45) is 8.12. The molecule has 7 rings (SSSR count). The minimum atomic E-state index is -3.81. The molecule has 0 unspecified atom stereocenters. The van der Waals surface area contributed by atoms with Crippen molar-refractivity contribution in [2.75, 3.05) is 5.32 Å². The molecule has 3 saturated carbocycles. The Hall–Kier alpha value is -2.94. The summed E-state index contributed by atoms with van der Waals surface area (Å²) in [5.41, 5.74) is 7.94. The van der Waals surface area contributed by atoms with Gasteiger partial charge in [0.25, 0.3) is 10.0 Å². The number of fused-ring (bicyclic) bond motifs is 3. The summed E-state index contributed by atoms with van der Waals surface area (Å²) in [6, 6.07) is 15.7. The Morgan fingerprint density at radius 2 is 1.76 bits per heavy atom. The lowest BCUT2D eigenvalue weighted by Gasteiger charge is -2.59. The lowest BCUT2D eigenvalue weighted by atomic mass is 9.55. The first kappa shape index (κ1) is 21.6. The number of aromatic nitrogens is 3. The van der Waals surface area contributed by atoms with E-state index in [9.17, 15) is 8.42 Å². The largest absolute Gasteiger partial charge is 0.349 e. The molecular weight excluding hydrogens is 470 g/mol. The van der Waals surface area contributed by atoms with Crippen molar-refractivity contribution in [2.45, 2.75) is 48.1 Å². The predicted molar refractivity (Wildman–Crippen MR) is 133 cm³/mol. The molecule has 9 heteroatoms. The van der Waals surface area contributed by atoms with Crippen LogP contribution >= 0.6 is 11.6 Å². The number of nitrogens with zero attached hydrogens (tertiary/aromatic N) is 3. The van der Waals surface area contributed by atoms with E-state index >= 15 is 0 Å². The molecule has 7 nitrogen and oxygen atoms in total. The van der Waals surface area contributed by atoms with Crippen molar-refractivity contribution in [1.29, 1.82) is 0 Å². The Balaban J connectivity index is 1.45. The molecule has 3 fully saturated rings. The summed E-state index contributed by atoms with van der Waals surface area (Å²) < 4.78 is 28.2. The number of para-hydroxylation sites is 1. The highest BCUT2D eigenvalue weighted by atomic mass is 35.5. The lowest BCUT2D eigenvalue weighted by Crippen LogP contribution is -2.68. The maximum absolute atomic E-state index is 13.5. The van der Waals surface area contributed by atoms with Gasteiger partial charge in [0.05, 0.1) is 27.3 Å². The molecule has 3 aliphatic carbocycles. The lowest BCUT2D eigenvalue weighted by molar-refractivity contribution is 0.0621. The zero-order valence-electron chi connectivity index (χ0n) is 18.4. The first-order valence-electron chi connectivity index (χ1n) is 11.3. The van der Waals surface area contributed by atoms with Crippen LogP contribution in [0, 0.1) is 0 Å². The Bertz CT molecular complexity index is 1510. The molecular formula is C25H24ClN5O2S. The van der Waals surface area contributed by atoms with Crippen LogP contribution in [-0.4, -0.2) is 33.4 Å². The molecule has 2 aromatic carbocycles. The molecule has 174 valence electrons. The maximum Gasteiger partial charge on any atom is 0.268 e. The smallest absolute Gasteiger partial charge is 0.268 e. The molecule has 2 heterocycles. The summed E-state index contributed by atoms with van der Waals surface area (Å²) in [5.74, 6) is 0.478. The van der Waals surface area contributed by atoms with Gasteiger partial charge in [-0.25, -0.2) is 22.4 Å². The van der Waals surface area contributed by atoms with Crippen molar-refractivity contribution in [3.63, 3.8) is 0 Å². The Kier molecular flexibility index (Phi) is 4.78. The van der Waals surface area contributed by atoms with Crippen LogP contribution in [0.2, 0.25) is 5.02 Å². The average molecular weight is 494 g/mol. The van der Waals surface area contributed by atoms with Crippen LogP contribution in [0.4, 0.5) is 5.95 Å². The maximum atomic E-state index is 13.5. The van der Waals surface area contributed by atoms with Crippen LogP contribution in [-0.2, 0) is 10.0 Å². The van der Waals surface area contributed by atoms with Gasteiger partial charge in [-0.1, -0.05) is 48.0 Å². The summed E-state index contributed by atoms with van der Waals surface area (Å²) in [7, 11) is -3.81. The number of hydrogen-bond acceptors (Lipinski definition) is 6. The first-order chi connectivity index (χ1) is 16.3. The van der Waals surface area contributed by atoms with Crippen LogP contribution in [0.5, 0.6) is 0 Å². The quantitative estimate of drug-likeness (QED) is 0.413. The number of rotatable bonds is 5.